The lowest BCUT2D eigenvalue weighted by Gasteiger charge is -2.16. The van der Waals surface area contributed by atoms with Gasteiger partial charge < -0.3 is 14.8 Å². The number of carbonyl (C=O) groups excluding carboxylic acids is 2. The minimum absolute atomic E-state index is 0.160. The van der Waals surface area contributed by atoms with E-state index in [1.807, 2.05) is 31.2 Å². The van der Waals surface area contributed by atoms with E-state index in [0.29, 0.717) is 11.3 Å². The second kappa shape index (κ2) is 8.49. The minimum Gasteiger partial charge on any atom is -0.482 e. The molecule has 24 heavy (non-hydrogen) atoms. The van der Waals surface area contributed by atoms with E-state index in [9.17, 15) is 9.59 Å². The highest BCUT2D eigenvalue weighted by atomic mass is 79.9. The molecule has 0 aliphatic carbocycles. The van der Waals surface area contributed by atoms with Crippen LogP contribution in [0, 0.1) is 0 Å². The number of methoxy groups -OCH3 is 1. The first kappa shape index (κ1) is 18.0. The third-order valence-corrected chi connectivity index (χ3v) is 4.12. The lowest BCUT2D eigenvalue weighted by atomic mass is 10.1. The molecule has 1 N–H and O–H groups in total. The molecule has 0 aliphatic heterocycles. The molecule has 2 rings (SSSR count). The number of benzene rings is 2. The molecule has 0 fully saturated rings. The van der Waals surface area contributed by atoms with E-state index in [1.165, 1.54) is 7.11 Å². The average Bonchev–Trinajstić information content (AvgIpc) is 2.60. The third kappa shape index (κ3) is 4.83. The number of rotatable bonds is 6. The summed E-state index contributed by atoms with van der Waals surface area (Å²) in [4.78, 5) is 23.5. The van der Waals surface area contributed by atoms with Crippen molar-refractivity contribution in [1.82, 2.24) is 5.32 Å². The van der Waals surface area contributed by atoms with Gasteiger partial charge in [-0.05, 0) is 36.8 Å². The minimum atomic E-state index is -0.479. The van der Waals surface area contributed by atoms with Crippen LogP contribution in [0.15, 0.2) is 53.0 Å². The van der Waals surface area contributed by atoms with Gasteiger partial charge in [-0.2, -0.15) is 0 Å². The highest BCUT2D eigenvalue weighted by Gasteiger charge is 2.14. The van der Waals surface area contributed by atoms with Crippen LogP contribution < -0.4 is 10.1 Å². The summed E-state index contributed by atoms with van der Waals surface area (Å²) in [7, 11) is 1.29. The standard InChI is InChI=1S/C18H18BrNO4/c1-12(15-8-3-4-9-16(15)19)20-18(22)13-6-5-7-14(10-13)24-11-17(21)23-2/h3-10,12H,11H2,1-2H3,(H,20,22). The summed E-state index contributed by atoms with van der Waals surface area (Å²) in [6, 6.07) is 14.2. The van der Waals surface area contributed by atoms with Crippen molar-refractivity contribution < 1.29 is 19.1 Å². The SMILES string of the molecule is COC(=O)COc1cccc(C(=O)NC(C)c2ccccc2Br)c1. The maximum absolute atomic E-state index is 12.4. The van der Waals surface area contributed by atoms with Gasteiger partial charge in [-0.25, -0.2) is 4.79 Å². The third-order valence-electron chi connectivity index (χ3n) is 3.40. The number of halogens is 1. The zero-order chi connectivity index (χ0) is 17.5. The van der Waals surface area contributed by atoms with E-state index in [4.69, 9.17) is 4.74 Å². The zero-order valence-corrected chi connectivity index (χ0v) is 15.0. The van der Waals surface area contributed by atoms with Gasteiger partial charge in [0.15, 0.2) is 6.61 Å². The van der Waals surface area contributed by atoms with Crippen LogP contribution in [0.4, 0.5) is 0 Å². The first-order valence-corrected chi connectivity index (χ1v) is 8.15. The van der Waals surface area contributed by atoms with Crippen molar-refractivity contribution in [3.05, 3.63) is 64.1 Å². The van der Waals surface area contributed by atoms with Gasteiger partial charge in [-0.3, -0.25) is 4.79 Å². The second-order valence-corrected chi connectivity index (χ2v) is 5.96. The summed E-state index contributed by atoms with van der Waals surface area (Å²) in [5.74, 6) is -0.268. The number of amides is 1. The van der Waals surface area contributed by atoms with Gasteiger partial charge in [-0.15, -0.1) is 0 Å². The summed E-state index contributed by atoms with van der Waals surface area (Å²) >= 11 is 3.48. The lowest BCUT2D eigenvalue weighted by Crippen LogP contribution is -2.26. The molecule has 126 valence electrons. The van der Waals surface area contributed by atoms with Gasteiger partial charge in [-0.1, -0.05) is 40.2 Å². The van der Waals surface area contributed by atoms with Crippen LogP contribution in [-0.2, 0) is 9.53 Å². The molecule has 0 aliphatic rings. The molecular formula is C18H18BrNO4. The number of esters is 1. The molecule has 0 heterocycles. The highest BCUT2D eigenvalue weighted by molar-refractivity contribution is 9.10. The molecule has 0 bridgehead atoms. The maximum Gasteiger partial charge on any atom is 0.343 e. The molecule has 2 aromatic carbocycles. The number of carbonyl (C=O) groups is 2. The van der Waals surface area contributed by atoms with E-state index in [1.54, 1.807) is 24.3 Å². The second-order valence-electron chi connectivity index (χ2n) is 5.11. The Balaban J connectivity index is 2.04. The van der Waals surface area contributed by atoms with Crippen molar-refractivity contribution in [2.24, 2.45) is 0 Å². The summed E-state index contributed by atoms with van der Waals surface area (Å²) < 4.78 is 10.7. The molecule has 5 nitrogen and oxygen atoms in total. The van der Waals surface area contributed by atoms with Gasteiger partial charge in [0.1, 0.15) is 5.75 Å². The number of nitrogens with one attached hydrogen (secondary N) is 1. The normalized spacial score (nSPS) is 11.5. The molecule has 2 aromatic rings. The fourth-order valence-electron chi connectivity index (χ4n) is 2.11. The zero-order valence-electron chi connectivity index (χ0n) is 13.4. The lowest BCUT2D eigenvalue weighted by molar-refractivity contribution is -0.142. The van der Waals surface area contributed by atoms with Crippen LogP contribution in [0.5, 0.6) is 5.75 Å². The molecule has 1 unspecified atom stereocenters. The molecule has 0 saturated carbocycles. The Bertz CT molecular complexity index is 732. The first-order valence-electron chi connectivity index (χ1n) is 7.36. The van der Waals surface area contributed by atoms with Crippen LogP contribution >= 0.6 is 15.9 Å². The summed E-state index contributed by atoms with van der Waals surface area (Å²) in [6.45, 7) is 1.71. The van der Waals surface area contributed by atoms with E-state index in [2.05, 4.69) is 26.0 Å². The van der Waals surface area contributed by atoms with Crippen LogP contribution in [0.2, 0.25) is 0 Å². The molecular weight excluding hydrogens is 374 g/mol. The number of hydrogen-bond acceptors (Lipinski definition) is 4. The van der Waals surface area contributed by atoms with Crippen molar-refractivity contribution in [3.63, 3.8) is 0 Å². The van der Waals surface area contributed by atoms with Gasteiger partial charge in [0.25, 0.3) is 5.91 Å². The summed E-state index contributed by atoms with van der Waals surface area (Å²) in [5, 5.41) is 2.94. The van der Waals surface area contributed by atoms with Gasteiger partial charge in [0.2, 0.25) is 0 Å². The Labute approximate surface area is 149 Å². The first-order chi connectivity index (χ1) is 11.5. The van der Waals surface area contributed by atoms with Crippen LogP contribution in [0.25, 0.3) is 0 Å². The van der Waals surface area contributed by atoms with Crippen molar-refractivity contribution in [2.45, 2.75) is 13.0 Å². The maximum atomic E-state index is 12.4. The van der Waals surface area contributed by atoms with Crippen molar-refractivity contribution in [1.29, 1.82) is 0 Å². The molecule has 6 heteroatoms. The fraction of sp³-hybridized carbons (Fsp3) is 0.222. The topological polar surface area (TPSA) is 64.6 Å². The summed E-state index contributed by atoms with van der Waals surface area (Å²) in [6.07, 6.45) is 0. The van der Waals surface area contributed by atoms with Crippen molar-refractivity contribution in [3.8, 4) is 5.75 Å². The Morgan fingerprint density at radius 1 is 1.17 bits per heavy atom. The van der Waals surface area contributed by atoms with E-state index in [-0.39, 0.29) is 18.6 Å². The Morgan fingerprint density at radius 3 is 2.62 bits per heavy atom. The van der Waals surface area contributed by atoms with Crippen LogP contribution in [-0.4, -0.2) is 25.6 Å². The van der Waals surface area contributed by atoms with E-state index < -0.39 is 5.97 Å². The molecule has 0 aromatic heterocycles. The van der Waals surface area contributed by atoms with Crippen molar-refractivity contribution in [2.75, 3.05) is 13.7 Å². The molecule has 0 saturated heterocycles. The summed E-state index contributed by atoms with van der Waals surface area (Å²) in [5.41, 5.74) is 1.44. The Morgan fingerprint density at radius 2 is 1.92 bits per heavy atom. The number of hydrogen-bond donors (Lipinski definition) is 1. The predicted octanol–water partition coefficient (Wildman–Crippen LogP) is 3.49. The Kier molecular flexibility index (Phi) is 6.37. The Hall–Kier alpha value is -2.34. The van der Waals surface area contributed by atoms with Crippen LogP contribution in [0.1, 0.15) is 28.9 Å². The van der Waals surface area contributed by atoms with E-state index >= 15 is 0 Å². The highest BCUT2D eigenvalue weighted by Crippen LogP contribution is 2.23. The van der Waals surface area contributed by atoms with Crippen LogP contribution in [0.3, 0.4) is 0 Å². The largest absolute Gasteiger partial charge is 0.482 e. The van der Waals surface area contributed by atoms with E-state index in [0.717, 1.165) is 10.0 Å². The molecule has 0 spiro atoms. The molecule has 1 atom stereocenters. The fourth-order valence-corrected chi connectivity index (χ4v) is 2.74. The molecule has 1 amide bonds. The van der Waals surface area contributed by atoms with Gasteiger partial charge >= 0.3 is 5.97 Å². The van der Waals surface area contributed by atoms with Gasteiger partial charge in [0, 0.05) is 10.0 Å². The smallest absolute Gasteiger partial charge is 0.343 e. The number of ether oxygens (including phenoxy) is 2. The monoisotopic (exact) mass is 391 g/mol. The predicted molar refractivity (Wildman–Crippen MR) is 94.0 cm³/mol. The molecule has 0 radical (unpaired) electrons. The van der Waals surface area contributed by atoms with Gasteiger partial charge in [0.05, 0.1) is 13.2 Å². The quantitative estimate of drug-likeness (QED) is 0.765. The van der Waals surface area contributed by atoms with Crippen molar-refractivity contribution >= 4 is 27.8 Å². The average molecular weight is 392 g/mol.